The Hall–Kier alpha value is -1.58. The topological polar surface area (TPSA) is 40.5 Å². The van der Waals surface area contributed by atoms with E-state index in [2.05, 4.69) is 0 Å². The smallest absolute Gasteiger partial charge is 0.260 e. The number of phenols is 1. The minimum absolute atomic E-state index is 0.0796. The first-order valence-electron chi connectivity index (χ1n) is 5.91. The lowest BCUT2D eigenvalue weighted by Gasteiger charge is -2.35. The van der Waals surface area contributed by atoms with Crippen LogP contribution in [-0.4, -0.2) is 29.0 Å². The molecular formula is C14H20FNO2. The van der Waals surface area contributed by atoms with E-state index in [1.54, 1.807) is 7.05 Å². The number of carbonyl (C=O) groups is 1. The lowest BCUT2D eigenvalue weighted by molar-refractivity contribution is 0.0621. The molecule has 1 N–H and O–H groups in total. The van der Waals surface area contributed by atoms with Crippen LogP contribution >= 0.6 is 0 Å². The van der Waals surface area contributed by atoms with Gasteiger partial charge >= 0.3 is 0 Å². The Morgan fingerprint density at radius 2 is 1.94 bits per heavy atom. The molecule has 0 aliphatic heterocycles. The van der Waals surface area contributed by atoms with Crippen LogP contribution in [0.3, 0.4) is 0 Å². The zero-order valence-electron chi connectivity index (χ0n) is 11.5. The van der Waals surface area contributed by atoms with Gasteiger partial charge in [-0.25, -0.2) is 4.39 Å². The van der Waals surface area contributed by atoms with Crippen molar-refractivity contribution >= 4 is 5.91 Å². The minimum Gasteiger partial charge on any atom is -0.507 e. The van der Waals surface area contributed by atoms with Crippen LogP contribution < -0.4 is 0 Å². The maximum absolute atomic E-state index is 13.6. The van der Waals surface area contributed by atoms with Crippen LogP contribution in [0.5, 0.6) is 5.75 Å². The fourth-order valence-corrected chi connectivity index (χ4v) is 1.66. The molecule has 3 nitrogen and oxygen atoms in total. The number of phenolic OH excluding ortho intramolecular Hbond substituents is 1. The highest BCUT2D eigenvalue weighted by molar-refractivity contribution is 5.97. The van der Waals surface area contributed by atoms with Crippen molar-refractivity contribution in [1.82, 2.24) is 4.90 Å². The Morgan fingerprint density at radius 1 is 1.39 bits per heavy atom. The van der Waals surface area contributed by atoms with Crippen LogP contribution in [0.1, 0.15) is 38.1 Å². The molecule has 0 radical (unpaired) electrons. The minimum atomic E-state index is -0.701. The third-order valence-electron chi connectivity index (χ3n) is 3.36. The predicted octanol–water partition coefficient (Wildman–Crippen LogP) is 3.04. The number of carbonyl (C=O) groups excluding carboxylic acids is 1. The Bertz CT molecular complexity index is 431. The van der Waals surface area contributed by atoms with Crippen molar-refractivity contribution in [2.75, 3.05) is 7.05 Å². The molecule has 0 heterocycles. The zero-order chi connectivity index (χ0) is 14.1. The lowest BCUT2D eigenvalue weighted by Crippen LogP contribution is -2.43. The van der Waals surface area contributed by atoms with E-state index in [0.717, 1.165) is 0 Å². The first-order valence-corrected chi connectivity index (χ1v) is 5.91. The van der Waals surface area contributed by atoms with E-state index in [-0.39, 0.29) is 22.8 Å². The van der Waals surface area contributed by atoms with Gasteiger partial charge in [-0.3, -0.25) is 4.79 Å². The number of amides is 1. The summed E-state index contributed by atoms with van der Waals surface area (Å²) in [7, 11) is 1.62. The van der Waals surface area contributed by atoms with Gasteiger partial charge in [0.2, 0.25) is 0 Å². The summed E-state index contributed by atoms with van der Waals surface area (Å²) in [5.74, 6) is -1.53. The molecule has 0 fully saturated rings. The lowest BCUT2D eigenvalue weighted by atomic mass is 9.87. The van der Waals surface area contributed by atoms with Gasteiger partial charge < -0.3 is 10.0 Å². The fraction of sp³-hybridized carbons (Fsp3) is 0.500. The summed E-state index contributed by atoms with van der Waals surface area (Å²) in [6.07, 6.45) is 0. The van der Waals surface area contributed by atoms with Gasteiger partial charge in [-0.2, -0.15) is 0 Å². The molecular weight excluding hydrogens is 233 g/mol. The van der Waals surface area contributed by atoms with E-state index in [1.807, 2.05) is 27.7 Å². The van der Waals surface area contributed by atoms with E-state index in [4.69, 9.17) is 0 Å². The van der Waals surface area contributed by atoms with Crippen LogP contribution in [0, 0.1) is 11.2 Å². The number of hydrogen-bond donors (Lipinski definition) is 1. The monoisotopic (exact) mass is 253 g/mol. The first kappa shape index (κ1) is 14.5. The van der Waals surface area contributed by atoms with Gasteiger partial charge in [0.05, 0.1) is 0 Å². The third kappa shape index (κ3) is 2.81. The average molecular weight is 253 g/mol. The van der Waals surface area contributed by atoms with E-state index in [1.165, 1.54) is 23.1 Å². The van der Waals surface area contributed by atoms with E-state index < -0.39 is 11.7 Å². The highest BCUT2D eigenvalue weighted by atomic mass is 19.1. The van der Waals surface area contributed by atoms with Gasteiger partial charge in [0.1, 0.15) is 17.1 Å². The van der Waals surface area contributed by atoms with Crippen LogP contribution in [0.2, 0.25) is 0 Å². The molecule has 1 atom stereocenters. The Kier molecular flexibility index (Phi) is 3.99. The summed E-state index contributed by atoms with van der Waals surface area (Å²) in [5.41, 5.74) is -0.387. The van der Waals surface area contributed by atoms with E-state index in [9.17, 15) is 14.3 Å². The molecule has 0 spiro atoms. The summed E-state index contributed by atoms with van der Waals surface area (Å²) < 4.78 is 13.6. The highest BCUT2D eigenvalue weighted by Gasteiger charge is 2.29. The summed E-state index contributed by atoms with van der Waals surface area (Å²) in [5, 5.41) is 9.61. The molecule has 4 heteroatoms. The van der Waals surface area contributed by atoms with Crippen LogP contribution in [0.25, 0.3) is 0 Å². The number of benzene rings is 1. The van der Waals surface area contributed by atoms with E-state index >= 15 is 0 Å². The van der Waals surface area contributed by atoms with Crippen LogP contribution in [0.4, 0.5) is 4.39 Å². The quantitative estimate of drug-likeness (QED) is 0.880. The maximum Gasteiger partial charge on any atom is 0.260 e. The molecule has 18 heavy (non-hydrogen) atoms. The first-order chi connectivity index (χ1) is 8.16. The summed E-state index contributed by atoms with van der Waals surface area (Å²) in [6, 6.07) is 3.77. The number of nitrogens with zero attached hydrogens (tertiary/aromatic N) is 1. The fourth-order valence-electron chi connectivity index (χ4n) is 1.66. The van der Waals surface area contributed by atoms with Gasteiger partial charge in [0.15, 0.2) is 0 Å². The van der Waals surface area contributed by atoms with Gasteiger partial charge in [0, 0.05) is 13.1 Å². The number of rotatable bonds is 2. The Morgan fingerprint density at radius 3 is 2.39 bits per heavy atom. The molecule has 100 valence electrons. The van der Waals surface area contributed by atoms with Gasteiger partial charge in [0.25, 0.3) is 5.91 Å². The van der Waals surface area contributed by atoms with Crippen molar-refractivity contribution in [2.24, 2.45) is 5.41 Å². The molecule has 0 saturated heterocycles. The Balaban J connectivity index is 3.08. The molecule has 0 aromatic heterocycles. The van der Waals surface area contributed by atoms with Crippen LogP contribution in [-0.2, 0) is 0 Å². The molecule has 0 saturated carbocycles. The Labute approximate surface area is 107 Å². The number of hydrogen-bond acceptors (Lipinski definition) is 2. The highest BCUT2D eigenvalue weighted by Crippen LogP contribution is 2.27. The van der Waals surface area contributed by atoms with Crippen molar-refractivity contribution in [2.45, 2.75) is 33.7 Å². The molecule has 1 aromatic rings. The zero-order valence-corrected chi connectivity index (χ0v) is 11.5. The average Bonchev–Trinajstić information content (AvgIpc) is 2.25. The van der Waals surface area contributed by atoms with Crippen molar-refractivity contribution < 1.29 is 14.3 Å². The molecule has 0 aliphatic carbocycles. The van der Waals surface area contributed by atoms with Gasteiger partial charge in [-0.15, -0.1) is 0 Å². The van der Waals surface area contributed by atoms with Crippen LogP contribution in [0.15, 0.2) is 18.2 Å². The van der Waals surface area contributed by atoms with Crippen molar-refractivity contribution in [3.63, 3.8) is 0 Å². The summed E-state index contributed by atoms with van der Waals surface area (Å²) in [6.45, 7) is 7.91. The third-order valence-corrected chi connectivity index (χ3v) is 3.36. The summed E-state index contributed by atoms with van der Waals surface area (Å²) >= 11 is 0. The molecule has 1 rings (SSSR count). The van der Waals surface area contributed by atoms with Crippen molar-refractivity contribution in [3.8, 4) is 5.75 Å². The second kappa shape index (κ2) is 4.96. The number of aromatic hydroxyl groups is 1. The standard InChI is InChI=1S/C14H20FNO2/c1-9(14(2,3)4)16(5)13(18)12-10(15)7-6-8-11(12)17/h6-9,17H,1-5H3. The normalized spacial score (nSPS) is 13.2. The largest absolute Gasteiger partial charge is 0.507 e. The molecule has 1 aromatic carbocycles. The number of halogens is 1. The second-order valence-electron chi connectivity index (χ2n) is 5.59. The summed E-state index contributed by atoms with van der Waals surface area (Å²) in [4.78, 5) is 13.7. The second-order valence-corrected chi connectivity index (χ2v) is 5.59. The predicted molar refractivity (Wildman–Crippen MR) is 69.1 cm³/mol. The van der Waals surface area contributed by atoms with Crippen molar-refractivity contribution in [3.05, 3.63) is 29.6 Å². The van der Waals surface area contributed by atoms with Gasteiger partial charge in [-0.1, -0.05) is 26.8 Å². The van der Waals surface area contributed by atoms with Gasteiger partial charge in [-0.05, 0) is 24.5 Å². The van der Waals surface area contributed by atoms with E-state index in [0.29, 0.717) is 0 Å². The maximum atomic E-state index is 13.6. The molecule has 0 aliphatic rings. The molecule has 1 unspecified atom stereocenters. The molecule has 1 amide bonds. The SMILES string of the molecule is CC(N(C)C(=O)c1c(O)cccc1F)C(C)(C)C. The van der Waals surface area contributed by atoms with Crippen molar-refractivity contribution in [1.29, 1.82) is 0 Å². The molecule has 0 bridgehead atoms.